The first-order valence-electron chi connectivity index (χ1n) is 12.6. The second-order valence-electron chi connectivity index (χ2n) is 10.4. The third-order valence-corrected chi connectivity index (χ3v) is 7.64. The topological polar surface area (TPSA) is 65.8 Å². The van der Waals surface area contributed by atoms with Crippen molar-refractivity contribution in [3.05, 3.63) is 99.8 Å². The molecule has 2 N–H and O–H groups in total. The van der Waals surface area contributed by atoms with Gasteiger partial charge in [0.2, 0.25) is 0 Å². The number of rotatable bonds is 5. The molecule has 0 radical (unpaired) electrons. The van der Waals surface area contributed by atoms with E-state index in [-0.39, 0.29) is 13.0 Å². The maximum absolute atomic E-state index is 15.8. The van der Waals surface area contributed by atoms with Crippen LogP contribution in [0.1, 0.15) is 54.6 Å². The van der Waals surface area contributed by atoms with Crippen molar-refractivity contribution < 1.29 is 19.3 Å². The number of hydrogen-bond acceptors (Lipinski definition) is 5. The number of likely N-dealkylation sites (tertiary alicyclic amines) is 1. The standard InChI is InChI=1S/C30H32ClFN2O3/c1-29(2,36)21-9-12-27-25(17-21)23(24-5-3-14-33-26(24)19-37-27)6-4-15-34-16-13-30(32,28(35)18-34)20-7-10-22(31)11-8-20/h3,5-12,14,17,28,35-36H,4,13,15-16,18-19H2,1-2H3/b23-6+. The van der Waals surface area contributed by atoms with E-state index in [4.69, 9.17) is 16.3 Å². The summed E-state index contributed by atoms with van der Waals surface area (Å²) in [5, 5.41) is 21.9. The Labute approximate surface area is 222 Å². The fourth-order valence-electron chi connectivity index (χ4n) is 5.18. The molecule has 2 aliphatic rings. The number of alkyl halides is 1. The van der Waals surface area contributed by atoms with Gasteiger partial charge in [0.05, 0.1) is 11.3 Å². The van der Waals surface area contributed by atoms with E-state index in [9.17, 15) is 10.2 Å². The van der Waals surface area contributed by atoms with Crippen molar-refractivity contribution in [3.8, 4) is 5.75 Å². The molecule has 5 rings (SSSR count). The molecular weight excluding hydrogens is 491 g/mol. The lowest BCUT2D eigenvalue weighted by Crippen LogP contribution is -2.51. The van der Waals surface area contributed by atoms with Gasteiger partial charge >= 0.3 is 0 Å². The molecule has 0 saturated carbocycles. The van der Waals surface area contributed by atoms with Crippen molar-refractivity contribution in [1.82, 2.24) is 9.88 Å². The number of aliphatic hydroxyl groups excluding tert-OH is 1. The summed E-state index contributed by atoms with van der Waals surface area (Å²) in [6.45, 7) is 5.37. The average molecular weight is 523 g/mol. The molecule has 0 spiro atoms. The number of piperidine rings is 1. The van der Waals surface area contributed by atoms with Gasteiger partial charge in [-0.15, -0.1) is 0 Å². The van der Waals surface area contributed by atoms with Gasteiger partial charge < -0.3 is 19.8 Å². The molecule has 3 aromatic rings. The number of benzene rings is 2. The molecule has 2 unspecified atom stereocenters. The Hall–Kier alpha value is -2.77. The average Bonchev–Trinajstić information content (AvgIpc) is 3.03. The zero-order valence-corrected chi connectivity index (χ0v) is 21.9. The molecule has 3 heterocycles. The van der Waals surface area contributed by atoms with Crippen LogP contribution in [-0.2, 0) is 17.9 Å². The minimum atomic E-state index is -1.78. The highest BCUT2D eigenvalue weighted by molar-refractivity contribution is 6.30. The lowest BCUT2D eigenvalue weighted by Gasteiger charge is -2.40. The summed E-state index contributed by atoms with van der Waals surface area (Å²) in [5.41, 5.74) is 2.26. The third-order valence-electron chi connectivity index (χ3n) is 7.39. The molecule has 0 amide bonds. The highest BCUT2D eigenvalue weighted by Crippen LogP contribution is 2.40. The number of aliphatic hydroxyl groups is 2. The van der Waals surface area contributed by atoms with Crippen molar-refractivity contribution in [1.29, 1.82) is 0 Å². The van der Waals surface area contributed by atoms with Gasteiger partial charge in [-0.2, -0.15) is 0 Å². The second kappa shape index (κ2) is 10.2. The van der Waals surface area contributed by atoms with Gasteiger partial charge in [-0.1, -0.05) is 41.9 Å². The summed E-state index contributed by atoms with van der Waals surface area (Å²) in [7, 11) is 0. The molecule has 194 valence electrons. The zero-order valence-electron chi connectivity index (χ0n) is 21.1. The summed E-state index contributed by atoms with van der Waals surface area (Å²) >= 11 is 5.96. The van der Waals surface area contributed by atoms with E-state index in [0.29, 0.717) is 36.7 Å². The van der Waals surface area contributed by atoms with Gasteiger partial charge in [0, 0.05) is 48.4 Å². The summed E-state index contributed by atoms with van der Waals surface area (Å²) in [4.78, 5) is 6.63. The van der Waals surface area contributed by atoms with Gasteiger partial charge in [-0.05, 0) is 67.3 Å². The second-order valence-corrected chi connectivity index (χ2v) is 10.8. The van der Waals surface area contributed by atoms with Gasteiger partial charge in [0.25, 0.3) is 0 Å². The van der Waals surface area contributed by atoms with Crippen molar-refractivity contribution in [2.45, 2.75) is 50.7 Å². The first-order valence-corrected chi connectivity index (χ1v) is 13.0. The number of fused-ring (bicyclic) bond motifs is 2. The predicted octanol–water partition coefficient (Wildman–Crippen LogP) is 5.61. The molecule has 0 bridgehead atoms. The van der Waals surface area contributed by atoms with Crippen LogP contribution in [0, 0.1) is 0 Å². The molecule has 2 aliphatic heterocycles. The van der Waals surface area contributed by atoms with E-state index in [0.717, 1.165) is 33.7 Å². The zero-order chi connectivity index (χ0) is 26.2. The normalized spacial score (nSPS) is 23.2. The number of nitrogens with zero attached hydrogens (tertiary/aromatic N) is 2. The Kier molecular flexibility index (Phi) is 7.12. The first-order chi connectivity index (χ1) is 17.6. The number of β-amino-alcohol motifs (C(OH)–C–C–N with tert-alkyl or cyclic N) is 1. The minimum absolute atomic E-state index is 0.213. The molecule has 1 aromatic heterocycles. The van der Waals surface area contributed by atoms with Crippen LogP contribution >= 0.6 is 11.6 Å². The number of hydrogen-bond donors (Lipinski definition) is 2. The number of pyridine rings is 1. The Morgan fingerprint density at radius 2 is 1.97 bits per heavy atom. The Bertz CT molecular complexity index is 1300. The highest BCUT2D eigenvalue weighted by Gasteiger charge is 2.44. The van der Waals surface area contributed by atoms with E-state index in [1.54, 1.807) is 44.3 Å². The van der Waals surface area contributed by atoms with E-state index < -0.39 is 17.4 Å². The smallest absolute Gasteiger partial charge is 0.164 e. The van der Waals surface area contributed by atoms with Crippen LogP contribution in [0.25, 0.3) is 5.57 Å². The van der Waals surface area contributed by atoms with Crippen LogP contribution in [0.15, 0.2) is 66.9 Å². The van der Waals surface area contributed by atoms with Gasteiger partial charge in [-0.3, -0.25) is 4.98 Å². The predicted molar refractivity (Wildman–Crippen MR) is 143 cm³/mol. The first kappa shape index (κ1) is 25.9. The Morgan fingerprint density at radius 3 is 2.70 bits per heavy atom. The lowest BCUT2D eigenvalue weighted by atomic mass is 9.84. The molecule has 7 heteroatoms. The number of halogens is 2. The molecule has 5 nitrogen and oxygen atoms in total. The van der Waals surface area contributed by atoms with Gasteiger partial charge in [0.15, 0.2) is 5.67 Å². The van der Waals surface area contributed by atoms with Crippen LogP contribution in [0.5, 0.6) is 5.75 Å². The Balaban J connectivity index is 1.37. The van der Waals surface area contributed by atoms with Crippen molar-refractivity contribution in [2.24, 2.45) is 0 Å². The van der Waals surface area contributed by atoms with E-state index >= 15 is 4.39 Å². The van der Waals surface area contributed by atoms with Crippen molar-refractivity contribution >= 4 is 17.2 Å². The maximum atomic E-state index is 15.8. The molecular formula is C30H32ClFN2O3. The van der Waals surface area contributed by atoms with Crippen molar-refractivity contribution in [2.75, 3.05) is 19.6 Å². The van der Waals surface area contributed by atoms with Crippen LogP contribution in [0.3, 0.4) is 0 Å². The number of ether oxygens (including phenoxy) is 1. The number of aromatic nitrogens is 1. The van der Waals surface area contributed by atoms with E-state index in [1.165, 1.54) is 0 Å². The highest BCUT2D eigenvalue weighted by atomic mass is 35.5. The molecule has 37 heavy (non-hydrogen) atoms. The summed E-state index contributed by atoms with van der Waals surface area (Å²) in [5.74, 6) is 0.746. The fraction of sp³-hybridized carbons (Fsp3) is 0.367. The van der Waals surface area contributed by atoms with Gasteiger partial charge in [-0.25, -0.2) is 4.39 Å². The SMILES string of the molecule is CC(C)(O)c1ccc2c(c1)/C(=C/CCN1CCC(F)(c3ccc(Cl)cc3)C(O)C1)c1cccnc1CO2. The quantitative estimate of drug-likeness (QED) is 0.456. The largest absolute Gasteiger partial charge is 0.487 e. The summed E-state index contributed by atoms with van der Waals surface area (Å²) in [6, 6.07) is 16.4. The summed E-state index contributed by atoms with van der Waals surface area (Å²) < 4.78 is 21.8. The lowest BCUT2D eigenvalue weighted by molar-refractivity contribution is -0.0711. The minimum Gasteiger partial charge on any atom is -0.487 e. The van der Waals surface area contributed by atoms with Gasteiger partial charge in [0.1, 0.15) is 18.5 Å². The van der Waals surface area contributed by atoms with Crippen LogP contribution < -0.4 is 4.74 Å². The molecule has 2 atom stereocenters. The van der Waals surface area contributed by atoms with E-state index in [2.05, 4.69) is 16.0 Å². The summed E-state index contributed by atoms with van der Waals surface area (Å²) in [6.07, 6.45) is 3.71. The fourth-order valence-corrected chi connectivity index (χ4v) is 5.31. The van der Waals surface area contributed by atoms with Crippen LogP contribution in [0.4, 0.5) is 4.39 Å². The maximum Gasteiger partial charge on any atom is 0.164 e. The third kappa shape index (κ3) is 5.30. The molecule has 0 aliphatic carbocycles. The monoisotopic (exact) mass is 522 g/mol. The van der Waals surface area contributed by atoms with Crippen LogP contribution in [0.2, 0.25) is 5.02 Å². The Morgan fingerprint density at radius 1 is 1.19 bits per heavy atom. The molecule has 2 aromatic carbocycles. The molecule has 1 saturated heterocycles. The van der Waals surface area contributed by atoms with Crippen molar-refractivity contribution in [3.63, 3.8) is 0 Å². The van der Waals surface area contributed by atoms with Crippen LogP contribution in [-0.4, -0.2) is 45.8 Å². The van der Waals surface area contributed by atoms with E-state index in [1.807, 2.05) is 30.3 Å². The molecule has 1 fully saturated rings.